The first-order valence-electron chi connectivity index (χ1n) is 3.69. The molecule has 1 fully saturated rings. The van der Waals surface area contributed by atoms with Crippen molar-refractivity contribution in [1.82, 2.24) is 0 Å². The number of halogens is 1. The molecule has 0 bridgehead atoms. The first-order chi connectivity index (χ1) is 4.30. The number of hydrogen-bond acceptors (Lipinski definition) is 0. The predicted molar refractivity (Wildman–Crippen MR) is 45.6 cm³/mol. The molecule has 0 spiro atoms. The van der Waals surface area contributed by atoms with Gasteiger partial charge >= 0.3 is 0 Å². The molecule has 1 aliphatic carbocycles. The Hall–Kier alpha value is 0.720. The van der Waals surface area contributed by atoms with Crippen molar-refractivity contribution in [2.45, 2.75) is 37.8 Å². The van der Waals surface area contributed by atoms with E-state index in [1.54, 1.807) is 0 Å². The lowest BCUT2D eigenvalue weighted by Gasteiger charge is -2.23. The van der Waals surface area contributed by atoms with E-state index in [0.29, 0.717) is 0 Å². The van der Waals surface area contributed by atoms with Crippen molar-refractivity contribution >= 4 is 18.5 Å². The molecule has 0 heterocycles. The van der Waals surface area contributed by atoms with Crippen molar-refractivity contribution in [3.05, 3.63) is 0 Å². The normalized spacial score (nSPS) is 26.0. The van der Waals surface area contributed by atoms with Crippen LogP contribution in [0.1, 0.15) is 32.1 Å². The molecule has 0 N–H and O–H groups in total. The second-order valence-corrected chi connectivity index (χ2v) is 6.20. The van der Waals surface area contributed by atoms with Crippen LogP contribution in [-0.2, 0) is 0 Å². The van der Waals surface area contributed by atoms with Gasteiger partial charge in [-0.25, -0.2) is 0 Å². The highest BCUT2D eigenvalue weighted by atomic mass is 35.7. The Labute approximate surface area is 63.5 Å². The monoisotopic (exact) mass is 164 g/mol. The van der Waals surface area contributed by atoms with Crippen molar-refractivity contribution in [3.63, 3.8) is 0 Å². The number of hydrogen-bond donors (Lipinski definition) is 0. The van der Waals surface area contributed by atoms with Gasteiger partial charge in [-0.15, -0.1) is 0 Å². The van der Waals surface area contributed by atoms with Gasteiger partial charge in [-0.2, -0.15) is 0 Å². The first-order valence-corrected chi connectivity index (χ1v) is 6.45. The summed E-state index contributed by atoms with van der Waals surface area (Å²) >= 11 is 6.02. The zero-order valence-electron chi connectivity index (χ0n) is 5.94. The minimum Gasteiger partial charge on any atom is -0.0964 e. The Bertz CT molecular complexity index is 77.0. The second kappa shape index (κ2) is 3.78. The maximum absolute atomic E-state index is 6.02. The maximum atomic E-state index is 6.02. The third-order valence-corrected chi connectivity index (χ3v) is 4.43. The van der Waals surface area contributed by atoms with E-state index in [4.69, 9.17) is 11.2 Å². The first kappa shape index (κ1) is 7.82. The summed E-state index contributed by atoms with van der Waals surface area (Å²) in [6.07, 6.45) is 7.07. The van der Waals surface area contributed by atoms with Crippen LogP contribution in [0.2, 0.25) is 0 Å². The minimum absolute atomic E-state index is 0.146. The van der Waals surface area contributed by atoms with Gasteiger partial charge in [0.25, 0.3) is 0 Å². The molecule has 0 aliphatic heterocycles. The van der Waals surface area contributed by atoms with Gasteiger partial charge in [0, 0.05) is 0 Å². The van der Waals surface area contributed by atoms with Crippen LogP contribution in [0.4, 0.5) is 0 Å². The molecule has 2 heteroatoms. The summed E-state index contributed by atoms with van der Waals surface area (Å²) in [6, 6.07) is 0. The molecule has 54 valence electrons. The van der Waals surface area contributed by atoms with Gasteiger partial charge in [0.1, 0.15) is 0 Å². The van der Waals surface area contributed by atoms with Crippen molar-refractivity contribution < 1.29 is 0 Å². The molecule has 1 unspecified atom stereocenters. The highest BCUT2D eigenvalue weighted by Gasteiger charge is 2.17. The van der Waals surface area contributed by atoms with E-state index in [9.17, 15) is 0 Å². The standard InChI is InChI=1S/C7H14ClP/c1-9(8)7-5-3-2-4-6-7/h7H,2-6H2,1H3. The van der Waals surface area contributed by atoms with Gasteiger partial charge in [-0.1, -0.05) is 30.5 Å². The van der Waals surface area contributed by atoms with Crippen molar-refractivity contribution in [2.24, 2.45) is 0 Å². The highest BCUT2D eigenvalue weighted by Crippen LogP contribution is 2.48. The van der Waals surface area contributed by atoms with Gasteiger partial charge in [-0.3, -0.25) is 0 Å². The van der Waals surface area contributed by atoms with Gasteiger partial charge < -0.3 is 0 Å². The zero-order chi connectivity index (χ0) is 6.69. The van der Waals surface area contributed by atoms with Gasteiger partial charge in [0.2, 0.25) is 0 Å². The Morgan fingerprint density at radius 3 is 2.11 bits per heavy atom. The molecular weight excluding hydrogens is 151 g/mol. The number of rotatable bonds is 1. The van der Waals surface area contributed by atoms with Crippen LogP contribution < -0.4 is 0 Å². The van der Waals surface area contributed by atoms with E-state index in [1.165, 1.54) is 32.1 Å². The van der Waals surface area contributed by atoms with E-state index in [-0.39, 0.29) is 7.27 Å². The summed E-state index contributed by atoms with van der Waals surface area (Å²) in [4.78, 5) is 0. The molecule has 0 aromatic carbocycles. The van der Waals surface area contributed by atoms with Crippen molar-refractivity contribution in [2.75, 3.05) is 6.66 Å². The predicted octanol–water partition coefficient (Wildman–Crippen LogP) is 3.58. The average Bonchev–Trinajstić information content (AvgIpc) is 1.90. The summed E-state index contributed by atoms with van der Waals surface area (Å²) in [5.41, 5.74) is 0.885. The smallest absolute Gasteiger partial charge is 0.00730 e. The fourth-order valence-electron chi connectivity index (χ4n) is 1.44. The summed E-state index contributed by atoms with van der Waals surface area (Å²) in [7, 11) is -0.146. The van der Waals surface area contributed by atoms with Crippen LogP contribution in [0.3, 0.4) is 0 Å². The summed E-state index contributed by atoms with van der Waals surface area (Å²) in [5, 5.41) is 0. The largest absolute Gasteiger partial charge is 0.0964 e. The van der Waals surface area contributed by atoms with Gasteiger partial charge in [0.15, 0.2) is 0 Å². The van der Waals surface area contributed by atoms with Crippen LogP contribution in [0.5, 0.6) is 0 Å². The molecule has 9 heavy (non-hydrogen) atoms. The summed E-state index contributed by atoms with van der Waals surface area (Å²) in [5.74, 6) is 0. The molecule has 0 aromatic heterocycles. The third-order valence-electron chi connectivity index (χ3n) is 2.08. The molecule has 1 saturated carbocycles. The molecule has 0 nitrogen and oxygen atoms in total. The Morgan fingerprint density at radius 1 is 1.22 bits per heavy atom. The average molecular weight is 165 g/mol. The molecule has 0 amide bonds. The summed E-state index contributed by atoms with van der Waals surface area (Å²) in [6.45, 7) is 2.19. The Balaban J connectivity index is 2.23. The molecule has 0 saturated heterocycles. The van der Waals surface area contributed by atoms with Crippen LogP contribution in [0, 0.1) is 0 Å². The molecule has 1 aliphatic rings. The van der Waals surface area contributed by atoms with Gasteiger partial charge in [-0.05, 0) is 32.4 Å². The molecule has 1 rings (SSSR count). The summed E-state index contributed by atoms with van der Waals surface area (Å²) < 4.78 is 0. The van der Waals surface area contributed by atoms with Crippen molar-refractivity contribution in [1.29, 1.82) is 0 Å². The van der Waals surface area contributed by atoms with E-state index in [2.05, 4.69) is 6.66 Å². The highest BCUT2D eigenvalue weighted by molar-refractivity contribution is 7.83. The van der Waals surface area contributed by atoms with Crippen molar-refractivity contribution in [3.8, 4) is 0 Å². The Morgan fingerprint density at radius 2 is 1.78 bits per heavy atom. The third kappa shape index (κ3) is 2.43. The molecular formula is C7H14ClP. The van der Waals surface area contributed by atoms with Crippen LogP contribution in [0.25, 0.3) is 0 Å². The van der Waals surface area contributed by atoms with Gasteiger partial charge in [0.05, 0.1) is 0 Å². The minimum atomic E-state index is -0.146. The Kier molecular flexibility index (Phi) is 3.29. The van der Waals surface area contributed by atoms with Crippen LogP contribution in [0.15, 0.2) is 0 Å². The topological polar surface area (TPSA) is 0 Å². The molecule has 0 radical (unpaired) electrons. The second-order valence-electron chi connectivity index (χ2n) is 2.82. The van der Waals surface area contributed by atoms with Crippen LogP contribution >= 0.6 is 18.5 Å². The van der Waals surface area contributed by atoms with E-state index >= 15 is 0 Å². The van der Waals surface area contributed by atoms with E-state index < -0.39 is 0 Å². The molecule has 0 aromatic rings. The van der Waals surface area contributed by atoms with Crippen LogP contribution in [-0.4, -0.2) is 12.3 Å². The van der Waals surface area contributed by atoms with E-state index in [1.807, 2.05) is 0 Å². The van der Waals surface area contributed by atoms with E-state index in [0.717, 1.165) is 5.66 Å². The fraction of sp³-hybridized carbons (Fsp3) is 1.00. The lowest BCUT2D eigenvalue weighted by molar-refractivity contribution is 0.513. The lowest BCUT2D eigenvalue weighted by Crippen LogP contribution is -2.07. The lowest BCUT2D eigenvalue weighted by atomic mass is 10.0. The fourth-order valence-corrected chi connectivity index (χ4v) is 3.10. The quantitative estimate of drug-likeness (QED) is 0.520. The maximum Gasteiger partial charge on any atom is -0.00730 e. The SMILES string of the molecule is CP(Cl)C1CCCCC1. The zero-order valence-corrected chi connectivity index (χ0v) is 7.59. The molecule has 1 atom stereocenters.